The van der Waals surface area contributed by atoms with Crippen molar-refractivity contribution in [1.29, 1.82) is 0 Å². The molecule has 0 saturated heterocycles. The minimum Gasteiger partial charge on any atom is -0.463 e. The van der Waals surface area contributed by atoms with Crippen LogP contribution in [-0.2, 0) is 0 Å². The second-order valence-corrected chi connectivity index (χ2v) is 4.50. The Bertz CT molecular complexity index is 686. The highest BCUT2D eigenvalue weighted by atomic mass is 16.3. The number of furan rings is 1. The lowest BCUT2D eigenvalue weighted by Gasteiger charge is -2.16. The average molecular weight is 270 g/mol. The molecule has 0 aliphatic carbocycles. The number of amides is 1. The molecule has 0 saturated carbocycles. The number of hydrogen-bond acceptors (Lipinski definition) is 3. The van der Waals surface area contributed by atoms with Gasteiger partial charge in [-0.05, 0) is 5.56 Å². The first-order valence-electron chi connectivity index (χ1n) is 6.31. The molecule has 0 spiro atoms. The van der Waals surface area contributed by atoms with Crippen molar-refractivity contribution in [1.82, 2.24) is 10.3 Å². The number of aliphatic hydroxyl groups is 1. The lowest BCUT2D eigenvalue weighted by molar-refractivity contribution is 0.0912. The van der Waals surface area contributed by atoms with E-state index >= 15 is 0 Å². The smallest absolute Gasteiger partial charge is 0.268 e. The van der Waals surface area contributed by atoms with Crippen molar-refractivity contribution >= 4 is 17.0 Å². The molecule has 1 atom stereocenters. The number of rotatable bonds is 4. The van der Waals surface area contributed by atoms with Crippen molar-refractivity contribution in [2.24, 2.45) is 0 Å². The van der Waals surface area contributed by atoms with E-state index in [2.05, 4.69) is 10.3 Å². The quantitative estimate of drug-likeness (QED) is 0.680. The van der Waals surface area contributed by atoms with E-state index in [-0.39, 0.29) is 12.5 Å². The number of aromatic nitrogens is 1. The number of nitrogens with one attached hydrogen (secondary N) is 2. The molecular weight excluding hydrogens is 256 g/mol. The number of hydrogen-bond donors (Lipinski definition) is 3. The van der Waals surface area contributed by atoms with Gasteiger partial charge in [-0.15, -0.1) is 0 Å². The molecule has 1 unspecified atom stereocenters. The Kier molecular flexibility index (Phi) is 3.26. The van der Waals surface area contributed by atoms with Crippen LogP contribution in [0.4, 0.5) is 0 Å². The normalized spacial score (nSPS) is 12.4. The van der Waals surface area contributed by atoms with Crippen molar-refractivity contribution < 1.29 is 14.3 Å². The van der Waals surface area contributed by atoms with Crippen LogP contribution in [0, 0.1) is 0 Å². The molecule has 3 rings (SSSR count). The molecule has 0 fully saturated rings. The molecule has 3 N–H and O–H groups in total. The van der Waals surface area contributed by atoms with Gasteiger partial charge in [0.1, 0.15) is 5.69 Å². The summed E-state index contributed by atoms with van der Waals surface area (Å²) in [4.78, 5) is 15.1. The summed E-state index contributed by atoms with van der Waals surface area (Å²) in [6.45, 7) is -0.160. The van der Waals surface area contributed by atoms with E-state index in [9.17, 15) is 9.90 Å². The molecule has 1 aromatic carbocycles. The molecule has 102 valence electrons. The van der Waals surface area contributed by atoms with Crippen LogP contribution in [0.5, 0.6) is 0 Å². The first kappa shape index (κ1) is 12.5. The van der Waals surface area contributed by atoms with E-state index in [0.29, 0.717) is 11.3 Å². The van der Waals surface area contributed by atoms with Crippen molar-refractivity contribution in [2.75, 3.05) is 6.61 Å². The maximum Gasteiger partial charge on any atom is 0.268 e. The standard InChI is InChI=1S/C15H14N2O3/c18-9-13(10-4-2-1-3-5-10)17-15(19)12-8-14-11(16-12)6-7-20-14/h1-8,13,16,18H,9H2,(H,17,19). The molecule has 0 radical (unpaired) electrons. The van der Waals surface area contributed by atoms with Crippen LogP contribution < -0.4 is 5.32 Å². The fraction of sp³-hybridized carbons (Fsp3) is 0.133. The molecule has 0 aliphatic heterocycles. The Balaban J connectivity index is 1.79. The third-order valence-corrected chi connectivity index (χ3v) is 3.17. The zero-order valence-corrected chi connectivity index (χ0v) is 10.7. The Morgan fingerprint density at radius 2 is 2.10 bits per heavy atom. The Hall–Kier alpha value is -2.53. The number of aromatic amines is 1. The molecule has 5 nitrogen and oxygen atoms in total. The van der Waals surface area contributed by atoms with Crippen molar-refractivity contribution in [3.05, 3.63) is 60.0 Å². The third kappa shape index (κ3) is 2.31. The fourth-order valence-corrected chi connectivity index (χ4v) is 2.13. The molecule has 5 heteroatoms. The van der Waals surface area contributed by atoms with Gasteiger partial charge >= 0.3 is 0 Å². The fourth-order valence-electron chi connectivity index (χ4n) is 2.13. The molecule has 0 bridgehead atoms. The van der Waals surface area contributed by atoms with Crippen LogP contribution in [-0.4, -0.2) is 22.6 Å². The molecular formula is C15H14N2O3. The summed E-state index contributed by atoms with van der Waals surface area (Å²) in [5.74, 6) is -0.278. The maximum absolute atomic E-state index is 12.2. The van der Waals surface area contributed by atoms with Gasteiger partial charge in [0, 0.05) is 12.1 Å². The Morgan fingerprint density at radius 3 is 2.80 bits per heavy atom. The zero-order chi connectivity index (χ0) is 13.9. The molecule has 2 heterocycles. The number of H-pyrrole nitrogens is 1. The summed E-state index contributed by atoms with van der Waals surface area (Å²) in [5, 5.41) is 12.2. The van der Waals surface area contributed by atoms with Gasteiger partial charge in [0.15, 0.2) is 5.58 Å². The SMILES string of the molecule is O=C(NC(CO)c1ccccc1)c1cc2occc2[nH]1. The van der Waals surface area contributed by atoms with E-state index in [1.165, 1.54) is 0 Å². The van der Waals surface area contributed by atoms with Crippen molar-refractivity contribution in [3.8, 4) is 0 Å². The molecule has 20 heavy (non-hydrogen) atoms. The van der Waals surface area contributed by atoms with Crippen molar-refractivity contribution in [3.63, 3.8) is 0 Å². The van der Waals surface area contributed by atoms with Crippen LogP contribution >= 0.6 is 0 Å². The van der Waals surface area contributed by atoms with E-state index < -0.39 is 6.04 Å². The van der Waals surface area contributed by atoms with Gasteiger partial charge in [0.05, 0.1) is 24.4 Å². The second-order valence-electron chi connectivity index (χ2n) is 4.50. The Labute approximate surface area is 115 Å². The summed E-state index contributed by atoms with van der Waals surface area (Å²) in [6.07, 6.45) is 1.56. The molecule has 1 amide bonds. The molecule has 3 aromatic rings. The maximum atomic E-state index is 12.2. The van der Waals surface area contributed by atoms with E-state index in [0.717, 1.165) is 11.1 Å². The molecule has 0 aliphatic rings. The predicted octanol–water partition coefficient (Wildman–Crippen LogP) is 2.22. The number of aliphatic hydroxyl groups excluding tert-OH is 1. The number of benzene rings is 1. The third-order valence-electron chi connectivity index (χ3n) is 3.17. The summed E-state index contributed by atoms with van der Waals surface area (Å²) < 4.78 is 5.20. The highest BCUT2D eigenvalue weighted by Crippen LogP contribution is 2.17. The topological polar surface area (TPSA) is 78.3 Å². The predicted molar refractivity (Wildman–Crippen MR) is 74.3 cm³/mol. The van der Waals surface area contributed by atoms with Gasteiger partial charge in [0.25, 0.3) is 5.91 Å². The van der Waals surface area contributed by atoms with Crippen LogP contribution in [0.1, 0.15) is 22.1 Å². The highest BCUT2D eigenvalue weighted by molar-refractivity contribution is 5.97. The first-order valence-corrected chi connectivity index (χ1v) is 6.31. The van der Waals surface area contributed by atoms with Gasteiger partial charge in [-0.1, -0.05) is 30.3 Å². The summed E-state index contributed by atoms with van der Waals surface area (Å²) >= 11 is 0. The average Bonchev–Trinajstić information content (AvgIpc) is 3.06. The largest absolute Gasteiger partial charge is 0.463 e. The summed E-state index contributed by atoms with van der Waals surface area (Å²) in [7, 11) is 0. The minimum atomic E-state index is -0.432. The van der Waals surface area contributed by atoms with E-state index in [1.807, 2.05) is 30.3 Å². The monoisotopic (exact) mass is 270 g/mol. The highest BCUT2D eigenvalue weighted by Gasteiger charge is 2.16. The second kappa shape index (κ2) is 5.22. The van der Waals surface area contributed by atoms with Crippen molar-refractivity contribution in [2.45, 2.75) is 6.04 Å². The summed E-state index contributed by atoms with van der Waals surface area (Å²) in [6, 6.07) is 12.3. The van der Waals surface area contributed by atoms with Crippen LogP contribution in [0.3, 0.4) is 0 Å². The van der Waals surface area contributed by atoms with Crippen LogP contribution in [0.15, 0.2) is 53.1 Å². The van der Waals surface area contributed by atoms with Gasteiger partial charge in [-0.25, -0.2) is 0 Å². The Morgan fingerprint density at radius 1 is 1.30 bits per heavy atom. The number of carbonyl (C=O) groups is 1. The lowest BCUT2D eigenvalue weighted by Crippen LogP contribution is -2.30. The lowest BCUT2D eigenvalue weighted by atomic mass is 10.1. The van der Waals surface area contributed by atoms with Crippen LogP contribution in [0.25, 0.3) is 11.1 Å². The zero-order valence-electron chi connectivity index (χ0n) is 10.7. The van der Waals surface area contributed by atoms with Gasteiger partial charge in [-0.2, -0.15) is 0 Å². The van der Waals surface area contributed by atoms with Gasteiger partial charge in [-0.3, -0.25) is 4.79 Å². The summed E-state index contributed by atoms with van der Waals surface area (Å²) in [5.41, 5.74) is 2.68. The molecule has 2 aromatic heterocycles. The van der Waals surface area contributed by atoms with Gasteiger partial charge in [0.2, 0.25) is 0 Å². The van der Waals surface area contributed by atoms with E-state index in [4.69, 9.17) is 4.42 Å². The van der Waals surface area contributed by atoms with Crippen LogP contribution in [0.2, 0.25) is 0 Å². The minimum absolute atomic E-state index is 0.160. The van der Waals surface area contributed by atoms with Gasteiger partial charge < -0.3 is 19.8 Å². The first-order chi connectivity index (χ1) is 9.78. The number of fused-ring (bicyclic) bond motifs is 1. The van der Waals surface area contributed by atoms with E-state index in [1.54, 1.807) is 18.4 Å². The number of carbonyl (C=O) groups excluding carboxylic acids is 1.